The minimum atomic E-state index is -1.22. The van der Waals surface area contributed by atoms with Crippen molar-refractivity contribution in [3.8, 4) is 0 Å². The van der Waals surface area contributed by atoms with E-state index in [2.05, 4.69) is 5.32 Å². The fraction of sp³-hybridized carbons (Fsp3) is 0.462. The van der Waals surface area contributed by atoms with Crippen LogP contribution in [0.2, 0.25) is 10.0 Å². The summed E-state index contributed by atoms with van der Waals surface area (Å²) < 4.78 is 36.3. The Bertz CT molecular complexity index is 1290. The standard InChI is InChI=1S/C26H27Cl2F2N3O3/c1-24(2,3)36-23(35)33-10-9-26(13-33,20-16(29)6-5-15(27)21(20)28)31-14-11-17(30)19-18(12-14)32(4)22(34)25(19)7-8-25/h5-6,11-12,31H,7-10,13H2,1-4H3. The molecule has 36 heavy (non-hydrogen) atoms. The van der Waals surface area contributed by atoms with Crippen LogP contribution in [0.5, 0.6) is 0 Å². The molecule has 1 aliphatic carbocycles. The van der Waals surface area contributed by atoms with Gasteiger partial charge in [-0.15, -0.1) is 0 Å². The SMILES string of the molecule is CN1C(=O)C2(CC2)c2c(F)cc(NC3(c4c(F)ccc(Cl)c4Cl)CCN(C(=O)OC(C)(C)C)C3)cc21. The van der Waals surface area contributed by atoms with Gasteiger partial charge in [-0.2, -0.15) is 0 Å². The zero-order chi connectivity index (χ0) is 26.2. The molecule has 2 amide bonds. The number of hydrogen-bond donors (Lipinski definition) is 1. The second-order valence-corrected chi connectivity index (χ2v) is 11.7. The van der Waals surface area contributed by atoms with Gasteiger partial charge in [0.05, 0.1) is 33.2 Å². The van der Waals surface area contributed by atoms with Crippen LogP contribution in [0.15, 0.2) is 24.3 Å². The van der Waals surface area contributed by atoms with Crippen LogP contribution in [0, 0.1) is 11.6 Å². The largest absolute Gasteiger partial charge is 0.444 e. The first-order valence-corrected chi connectivity index (χ1v) is 12.6. The van der Waals surface area contributed by atoms with E-state index in [9.17, 15) is 9.59 Å². The summed E-state index contributed by atoms with van der Waals surface area (Å²) in [4.78, 5) is 28.6. The van der Waals surface area contributed by atoms with Gasteiger partial charge in [0, 0.05) is 30.4 Å². The number of rotatable bonds is 3. The number of nitrogens with one attached hydrogen (secondary N) is 1. The van der Waals surface area contributed by atoms with E-state index in [-0.39, 0.29) is 41.0 Å². The van der Waals surface area contributed by atoms with Gasteiger partial charge in [0.15, 0.2) is 0 Å². The number of carbonyl (C=O) groups is 2. The number of halogens is 4. The van der Waals surface area contributed by atoms with E-state index in [1.807, 2.05) is 0 Å². The van der Waals surface area contributed by atoms with E-state index in [0.717, 1.165) is 0 Å². The van der Waals surface area contributed by atoms with E-state index in [4.69, 9.17) is 27.9 Å². The van der Waals surface area contributed by atoms with Crippen molar-refractivity contribution in [1.82, 2.24) is 4.90 Å². The number of carbonyl (C=O) groups excluding carboxylic acids is 2. The highest BCUT2D eigenvalue weighted by Crippen LogP contribution is 2.58. The summed E-state index contributed by atoms with van der Waals surface area (Å²) in [6, 6.07) is 5.59. The molecule has 0 bridgehead atoms. The molecular weight excluding hydrogens is 511 g/mol. The maximum absolute atomic E-state index is 15.4. The molecule has 1 unspecified atom stereocenters. The first kappa shape index (κ1) is 25.1. The molecule has 2 aromatic carbocycles. The Morgan fingerprint density at radius 3 is 2.42 bits per heavy atom. The second-order valence-electron chi connectivity index (χ2n) is 10.9. The van der Waals surface area contributed by atoms with Crippen LogP contribution in [-0.4, -0.2) is 42.6 Å². The molecule has 5 rings (SSSR count). The summed E-state index contributed by atoms with van der Waals surface area (Å²) in [6.07, 6.45) is 0.947. The average molecular weight is 538 g/mol. The van der Waals surface area contributed by atoms with Crippen LogP contribution in [-0.2, 0) is 20.5 Å². The number of nitrogens with zero attached hydrogens (tertiary/aromatic N) is 2. The van der Waals surface area contributed by atoms with E-state index in [1.165, 1.54) is 28.0 Å². The number of anilines is 2. The molecule has 0 radical (unpaired) electrons. The Morgan fingerprint density at radius 2 is 1.78 bits per heavy atom. The number of likely N-dealkylation sites (tertiary alicyclic amines) is 1. The third kappa shape index (κ3) is 3.89. The fourth-order valence-corrected chi connectivity index (χ4v) is 5.92. The summed E-state index contributed by atoms with van der Waals surface area (Å²) in [5.74, 6) is -1.22. The van der Waals surface area contributed by atoms with Crippen LogP contribution in [0.1, 0.15) is 51.2 Å². The minimum absolute atomic E-state index is 0.0102. The molecule has 1 saturated carbocycles. The number of likely N-dealkylation sites (N-methyl/N-ethyl adjacent to an activating group) is 1. The topological polar surface area (TPSA) is 61.9 Å². The third-order valence-corrected chi connectivity index (χ3v) is 8.00. The van der Waals surface area contributed by atoms with Gasteiger partial charge in [-0.1, -0.05) is 23.2 Å². The van der Waals surface area contributed by atoms with Gasteiger partial charge in [0.25, 0.3) is 0 Å². The Morgan fingerprint density at radius 1 is 1.08 bits per heavy atom. The first-order chi connectivity index (χ1) is 16.8. The van der Waals surface area contributed by atoms with Gasteiger partial charge in [-0.3, -0.25) is 4.79 Å². The Kier molecular flexibility index (Phi) is 5.72. The van der Waals surface area contributed by atoms with Crippen LogP contribution in [0.25, 0.3) is 0 Å². The number of fused-ring (bicyclic) bond motifs is 2. The molecule has 2 heterocycles. The molecule has 1 saturated heterocycles. The van der Waals surface area contributed by atoms with Crippen LogP contribution in [0.4, 0.5) is 25.0 Å². The van der Waals surface area contributed by atoms with Crippen LogP contribution >= 0.6 is 23.2 Å². The van der Waals surface area contributed by atoms with Crippen molar-refractivity contribution in [2.24, 2.45) is 0 Å². The van der Waals surface area contributed by atoms with E-state index < -0.39 is 34.3 Å². The predicted molar refractivity (Wildman–Crippen MR) is 135 cm³/mol. The van der Waals surface area contributed by atoms with Crippen molar-refractivity contribution in [2.75, 3.05) is 30.4 Å². The van der Waals surface area contributed by atoms with Crippen molar-refractivity contribution in [1.29, 1.82) is 0 Å². The van der Waals surface area contributed by atoms with E-state index in [1.54, 1.807) is 33.9 Å². The van der Waals surface area contributed by atoms with Crippen molar-refractivity contribution >= 4 is 46.6 Å². The first-order valence-electron chi connectivity index (χ1n) is 11.8. The Balaban J connectivity index is 1.57. The van der Waals surface area contributed by atoms with Crippen molar-refractivity contribution < 1.29 is 23.1 Å². The molecule has 10 heteroatoms. The number of amides is 2. The second kappa shape index (κ2) is 8.21. The molecule has 2 aromatic rings. The maximum Gasteiger partial charge on any atom is 0.410 e. The summed E-state index contributed by atoms with van der Waals surface area (Å²) >= 11 is 12.8. The van der Waals surface area contributed by atoms with Gasteiger partial charge < -0.3 is 19.9 Å². The Hall–Kier alpha value is -2.58. The van der Waals surface area contributed by atoms with Gasteiger partial charge in [0.2, 0.25) is 5.91 Å². The molecule has 2 fully saturated rings. The van der Waals surface area contributed by atoms with Gasteiger partial charge in [0.1, 0.15) is 17.2 Å². The third-order valence-electron chi connectivity index (χ3n) is 7.20. The van der Waals surface area contributed by atoms with Crippen LogP contribution in [0.3, 0.4) is 0 Å². The highest BCUT2D eigenvalue weighted by atomic mass is 35.5. The lowest BCUT2D eigenvalue weighted by molar-refractivity contribution is -0.120. The Labute approximate surface area is 218 Å². The molecule has 1 N–H and O–H groups in total. The van der Waals surface area contributed by atoms with Crippen molar-refractivity contribution in [2.45, 2.75) is 56.6 Å². The van der Waals surface area contributed by atoms with Crippen molar-refractivity contribution in [3.05, 3.63) is 57.1 Å². The summed E-state index contributed by atoms with van der Waals surface area (Å²) in [6.45, 7) is 5.54. The molecule has 3 aliphatic rings. The summed E-state index contributed by atoms with van der Waals surface area (Å²) in [5.41, 5.74) is -1.39. The molecular formula is C26H27Cl2F2N3O3. The molecule has 1 atom stereocenters. The number of benzene rings is 2. The van der Waals surface area contributed by atoms with Gasteiger partial charge in [-0.05, 0) is 64.3 Å². The lowest BCUT2D eigenvalue weighted by Crippen LogP contribution is -2.42. The maximum atomic E-state index is 15.4. The summed E-state index contributed by atoms with van der Waals surface area (Å²) in [7, 11) is 1.63. The number of ether oxygens (including phenoxy) is 1. The molecule has 2 aliphatic heterocycles. The minimum Gasteiger partial charge on any atom is -0.444 e. The zero-order valence-corrected chi connectivity index (χ0v) is 22.0. The highest BCUT2D eigenvalue weighted by molar-refractivity contribution is 6.42. The van der Waals surface area contributed by atoms with Gasteiger partial charge in [-0.25, -0.2) is 13.6 Å². The van der Waals surface area contributed by atoms with E-state index >= 15 is 8.78 Å². The van der Waals surface area contributed by atoms with E-state index in [0.29, 0.717) is 29.8 Å². The molecule has 0 aromatic heterocycles. The average Bonchev–Trinajstić information content (AvgIpc) is 3.42. The van der Waals surface area contributed by atoms with Crippen LogP contribution < -0.4 is 10.2 Å². The predicted octanol–water partition coefficient (Wildman–Crippen LogP) is 6.23. The normalized spacial score (nSPS) is 22.3. The number of hydrogen-bond acceptors (Lipinski definition) is 4. The molecule has 1 spiro atoms. The highest BCUT2D eigenvalue weighted by Gasteiger charge is 2.60. The lowest BCUT2D eigenvalue weighted by atomic mass is 9.87. The van der Waals surface area contributed by atoms with Gasteiger partial charge >= 0.3 is 6.09 Å². The quantitative estimate of drug-likeness (QED) is 0.471. The lowest BCUT2D eigenvalue weighted by Gasteiger charge is -2.34. The smallest absolute Gasteiger partial charge is 0.410 e. The monoisotopic (exact) mass is 537 g/mol. The van der Waals surface area contributed by atoms with Crippen molar-refractivity contribution in [3.63, 3.8) is 0 Å². The molecule has 6 nitrogen and oxygen atoms in total. The fourth-order valence-electron chi connectivity index (χ4n) is 5.43. The summed E-state index contributed by atoms with van der Waals surface area (Å²) in [5, 5.41) is 3.44. The molecule has 192 valence electrons. The zero-order valence-electron chi connectivity index (χ0n) is 20.5.